The largest absolute Gasteiger partial charge is 0.452 e. The molecule has 4 rings (SSSR count). The number of carbonyl (C=O) groups is 3. The van der Waals surface area contributed by atoms with Gasteiger partial charge in [-0.1, -0.05) is 55.5 Å². The average Bonchev–Trinajstić information content (AvgIpc) is 2.93. The highest BCUT2D eigenvalue weighted by atomic mass is 16.6. The van der Waals surface area contributed by atoms with E-state index < -0.39 is 11.0 Å². The van der Waals surface area contributed by atoms with E-state index in [1.807, 2.05) is 30.3 Å². The molecule has 0 bridgehead atoms. The molecule has 42 heavy (non-hydrogen) atoms. The van der Waals surface area contributed by atoms with Crippen LogP contribution < -0.4 is 10.1 Å². The predicted octanol–water partition coefficient (Wildman–Crippen LogP) is 5.66. The minimum Gasteiger partial charge on any atom is -0.452 e. The van der Waals surface area contributed by atoms with Crippen LogP contribution in [-0.4, -0.2) is 60.7 Å². The molecule has 1 amide bonds. The summed E-state index contributed by atoms with van der Waals surface area (Å²) in [5.74, 6) is -0.138. The first kappa shape index (κ1) is 31.5. The fraction of sp³-hybridized carbons (Fsp3) is 0.514. The second-order valence-corrected chi connectivity index (χ2v) is 12.6. The number of hydrogen-bond acceptors (Lipinski definition) is 5. The molecule has 2 fully saturated rings. The van der Waals surface area contributed by atoms with Crippen molar-refractivity contribution in [3.05, 3.63) is 78.4 Å². The van der Waals surface area contributed by atoms with Gasteiger partial charge in [-0.05, 0) is 67.9 Å². The molecule has 2 aromatic rings. The zero-order chi connectivity index (χ0) is 30.2. The summed E-state index contributed by atoms with van der Waals surface area (Å²) < 4.78 is 12.6. The van der Waals surface area contributed by atoms with Crippen molar-refractivity contribution in [1.29, 1.82) is 0 Å². The Morgan fingerprint density at radius 2 is 1.81 bits per heavy atom. The second kappa shape index (κ2) is 13.7. The van der Waals surface area contributed by atoms with Crippen LogP contribution in [-0.2, 0) is 31.0 Å². The normalized spacial score (nSPS) is 26.9. The minimum atomic E-state index is -0.762. The van der Waals surface area contributed by atoms with E-state index in [9.17, 15) is 14.4 Å². The maximum absolute atomic E-state index is 13.1. The maximum atomic E-state index is 13.1. The number of ether oxygens (including phenoxy) is 2. The van der Waals surface area contributed by atoms with Crippen molar-refractivity contribution < 1.29 is 28.3 Å². The van der Waals surface area contributed by atoms with Gasteiger partial charge in [0.15, 0.2) is 5.60 Å². The van der Waals surface area contributed by atoms with Crippen LogP contribution in [0.15, 0.2) is 67.3 Å². The van der Waals surface area contributed by atoms with Crippen LogP contribution >= 0.6 is 0 Å². The van der Waals surface area contributed by atoms with E-state index in [1.165, 1.54) is 19.4 Å². The van der Waals surface area contributed by atoms with Crippen LogP contribution in [0.4, 0.5) is 0 Å². The number of likely N-dealkylation sites (N-methyl/N-ethyl adjacent to an activating group) is 1. The van der Waals surface area contributed by atoms with Gasteiger partial charge >= 0.3 is 11.9 Å². The highest BCUT2D eigenvalue weighted by Crippen LogP contribution is 2.55. The topological polar surface area (TPSA) is 81.7 Å². The second-order valence-electron chi connectivity index (χ2n) is 12.6. The van der Waals surface area contributed by atoms with Crippen LogP contribution in [0, 0.1) is 0 Å². The first-order valence-corrected chi connectivity index (χ1v) is 15.3. The number of fused-ring (bicyclic) bond motifs is 1. The van der Waals surface area contributed by atoms with E-state index in [0.717, 1.165) is 61.7 Å². The third-order valence-electron chi connectivity index (χ3n) is 9.21. The Balaban J connectivity index is 1.53. The lowest BCUT2D eigenvalue weighted by molar-refractivity contribution is -0.917. The third kappa shape index (κ3) is 7.49. The van der Waals surface area contributed by atoms with Crippen molar-refractivity contribution in [2.45, 2.75) is 88.7 Å². The first-order chi connectivity index (χ1) is 20.1. The van der Waals surface area contributed by atoms with Crippen LogP contribution in [0.25, 0.3) is 0 Å². The Morgan fingerprint density at radius 1 is 1.02 bits per heavy atom. The van der Waals surface area contributed by atoms with Crippen molar-refractivity contribution >= 4 is 17.8 Å². The Labute approximate surface area is 250 Å². The standard InChI is InChI=1S/C35H46N2O5/c1-5-22-37(4)23-21-34(30-16-12-17-32(24-30)41-27(2)38)25-31(19-20-35(34,26-37)42-28(3)39)36-33(40)18-11-7-10-15-29-13-8-6-9-14-29/h5-6,8-9,12-14,16-17,24,31H,1,7,10-11,15,18-23,25-26H2,2-4H3/p+1/t31-,34+,35?,37+/m1/s1. The van der Waals surface area contributed by atoms with E-state index in [2.05, 4.69) is 43.2 Å². The molecule has 2 aliphatic rings. The van der Waals surface area contributed by atoms with Crippen LogP contribution in [0.1, 0.15) is 76.3 Å². The quantitative estimate of drug-likeness (QED) is 0.116. The summed E-state index contributed by atoms with van der Waals surface area (Å²) in [6.45, 7) is 9.14. The number of nitrogens with zero attached hydrogens (tertiary/aromatic N) is 1. The molecule has 0 aromatic heterocycles. The maximum Gasteiger partial charge on any atom is 0.308 e. The van der Waals surface area contributed by atoms with Gasteiger partial charge in [0, 0.05) is 38.1 Å². The summed E-state index contributed by atoms with van der Waals surface area (Å²) in [7, 11) is 2.19. The first-order valence-electron chi connectivity index (χ1n) is 15.3. The highest BCUT2D eigenvalue weighted by Gasteiger charge is 2.64. The van der Waals surface area contributed by atoms with Gasteiger partial charge in [-0.15, -0.1) is 0 Å². The Bertz CT molecular complexity index is 1260. The molecule has 7 nitrogen and oxygen atoms in total. The van der Waals surface area contributed by atoms with E-state index in [1.54, 1.807) is 6.07 Å². The van der Waals surface area contributed by atoms with Gasteiger partial charge in [0.25, 0.3) is 0 Å². The summed E-state index contributed by atoms with van der Waals surface area (Å²) >= 11 is 0. The molecule has 1 saturated carbocycles. The Kier molecular flexibility index (Phi) is 10.3. The fourth-order valence-electron chi connectivity index (χ4n) is 7.40. The number of aryl methyl sites for hydroxylation is 1. The van der Waals surface area contributed by atoms with Gasteiger partial charge in [-0.2, -0.15) is 0 Å². The third-order valence-corrected chi connectivity index (χ3v) is 9.21. The Hall–Kier alpha value is -3.45. The van der Waals surface area contributed by atoms with Gasteiger partial charge in [-0.3, -0.25) is 14.4 Å². The Morgan fingerprint density at radius 3 is 2.52 bits per heavy atom. The monoisotopic (exact) mass is 575 g/mol. The predicted molar refractivity (Wildman–Crippen MR) is 164 cm³/mol. The molecular formula is C35H47N2O5+. The number of nitrogens with one attached hydrogen (secondary N) is 1. The lowest BCUT2D eigenvalue weighted by atomic mass is 9.54. The smallest absolute Gasteiger partial charge is 0.308 e. The summed E-state index contributed by atoms with van der Waals surface area (Å²) in [4.78, 5) is 37.5. The molecule has 226 valence electrons. The molecule has 1 saturated heterocycles. The van der Waals surface area contributed by atoms with E-state index in [4.69, 9.17) is 9.47 Å². The van der Waals surface area contributed by atoms with Gasteiger partial charge < -0.3 is 19.3 Å². The molecule has 1 aliphatic carbocycles. The number of hydrogen-bond donors (Lipinski definition) is 1. The molecule has 7 heteroatoms. The zero-order valence-electron chi connectivity index (χ0n) is 25.5. The van der Waals surface area contributed by atoms with Gasteiger partial charge in [-0.25, -0.2) is 0 Å². The molecule has 2 aromatic carbocycles. The van der Waals surface area contributed by atoms with Crippen molar-refractivity contribution in [2.24, 2.45) is 0 Å². The van der Waals surface area contributed by atoms with Gasteiger partial charge in [0.05, 0.1) is 20.1 Å². The minimum absolute atomic E-state index is 0.0425. The zero-order valence-corrected chi connectivity index (χ0v) is 25.5. The molecule has 1 heterocycles. The molecule has 1 N–H and O–H groups in total. The van der Waals surface area contributed by atoms with Crippen molar-refractivity contribution in [3.63, 3.8) is 0 Å². The summed E-state index contributed by atoms with van der Waals surface area (Å²) in [6, 6.07) is 18.0. The molecule has 1 aliphatic heterocycles. The lowest BCUT2D eigenvalue weighted by Crippen LogP contribution is -2.72. The number of quaternary nitrogens is 1. The number of rotatable bonds is 12. The summed E-state index contributed by atoms with van der Waals surface area (Å²) in [5.41, 5.74) is 1.01. The fourth-order valence-corrected chi connectivity index (χ4v) is 7.40. The molecular weight excluding hydrogens is 528 g/mol. The van der Waals surface area contributed by atoms with E-state index in [0.29, 0.717) is 31.6 Å². The number of piperidine rings is 1. The van der Waals surface area contributed by atoms with Crippen LogP contribution in [0.2, 0.25) is 0 Å². The number of unbranched alkanes of at least 4 members (excludes halogenated alkanes) is 2. The molecule has 0 radical (unpaired) electrons. The van der Waals surface area contributed by atoms with Crippen molar-refractivity contribution in [2.75, 3.05) is 26.7 Å². The van der Waals surface area contributed by atoms with Crippen molar-refractivity contribution in [3.8, 4) is 5.75 Å². The lowest BCUT2D eigenvalue weighted by Gasteiger charge is -2.60. The molecule has 1 unspecified atom stereocenters. The van der Waals surface area contributed by atoms with Gasteiger partial charge in [0.2, 0.25) is 5.91 Å². The molecule has 4 atom stereocenters. The number of esters is 2. The number of benzene rings is 2. The molecule has 0 spiro atoms. The summed E-state index contributed by atoms with van der Waals surface area (Å²) in [5, 5.41) is 3.33. The van der Waals surface area contributed by atoms with Crippen LogP contribution in [0.3, 0.4) is 0 Å². The SMILES string of the molecule is C=CC[N@@+]1(C)CC[C@@]2(c3cccc(OC(C)=O)c3)C[C@H](NC(=O)CCCCCc3ccccc3)CCC2(OC(C)=O)C1. The van der Waals surface area contributed by atoms with Gasteiger partial charge in [0.1, 0.15) is 12.3 Å². The number of amides is 1. The van der Waals surface area contributed by atoms with E-state index in [-0.39, 0.29) is 23.9 Å². The summed E-state index contributed by atoms with van der Waals surface area (Å²) in [6.07, 6.45) is 9.17. The van der Waals surface area contributed by atoms with Crippen LogP contribution in [0.5, 0.6) is 5.75 Å². The average molecular weight is 576 g/mol. The number of likely N-dealkylation sites (tertiary alicyclic amines) is 1. The highest BCUT2D eigenvalue weighted by molar-refractivity contribution is 5.76. The van der Waals surface area contributed by atoms with E-state index >= 15 is 0 Å². The van der Waals surface area contributed by atoms with Crippen molar-refractivity contribution in [1.82, 2.24) is 5.32 Å². The number of carbonyl (C=O) groups excluding carboxylic acids is 3.